The Morgan fingerprint density at radius 3 is 2.59 bits per heavy atom. The van der Waals surface area contributed by atoms with Crippen LogP contribution in [0.3, 0.4) is 0 Å². The smallest absolute Gasteiger partial charge is 0.315 e. The maximum Gasteiger partial charge on any atom is 0.315 e. The summed E-state index contributed by atoms with van der Waals surface area (Å²) in [5.74, 6) is 0.584. The molecule has 0 bridgehead atoms. The van der Waals surface area contributed by atoms with Gasteiger partial charge in [0.1, 0.15) is 0 Å². The molecule has 0 saturated heterocycles. The van der Waals surface area contributed by atoms with Crippen molar-refractivity contribution in [2.24, 2.45) is 5.92 Å². The zero-order valence-corrected chi connectivity index (χ0v) is 16.0. The monoisotopic (exact) mass is 365 g/mol. The van der Waals surface area contributed by atoms with E-state index in [-0.39, 0.29) is 11.9 Å². The van der Waals surface area contributed by atoms with E-state index in [9.17, 15) is 9.59 Å². The minimum absolute atomic E-state index is 0.0193. The summed E-state index contributed by atoms with van der Waals surface area (Å²) in [6, 6.07) is 15.3. The number of anilines is 1. The van der Waals surface area contributed by atoms with Crippen LogP contribution in [-0.2, 0) is 13.0 Å². The van der Waals surface area contributed by atoms with Crippen LogP contribution in [0.4, 0.5) is 10.5 Å². The lowest BCUT2D eigenvalue weighted by Gasteiger charge is -2.18. The molecule has 3 amide bonds. The standard InChI is InChI=1S/C22H27N3O2/c1-16(2)10-12-23-22(27)24-15-17-8-9-18-11-13-25(20(18)14-17)21(26)19-6-4-3-5-7-19/h3-9,14,16H,10-13,15H2,1-2H3,(H2,23,24,27). The van der Waals surface area contributed by atoms with Gasteiger partial charge in [-0.25, -0.2) is 4.79 Å². The SMILES string of the molecule is CC(C)CCNC(=O)NCc1ccc2c(c1)N(C(=O)c1ccccc1)CC2. The van der Waals surface area contributed by atoms with Crippen molar-refractivity contribution in [3.63, 3.8) is 0 Å². The molecule has 0 spiro atoms. The summed E-state index contributed by atoms with van der Waals surface area (Å²) in [4.78, 5) is 26.5. The first-order valence-electron chi connectivity index (χ1n) is 9.55. The molecule has 0 saturated carbocycles. The van der Waals surface area contributed by atoms with Crippen molar-refractivity contribution in [2.75, 3.05) is 18.0 Å². The van der Waals surface area contributed by atoms with Crippen LogP contribution in [0, 0.1) is 5.92 Å². The highest BCUT2D eigenvalue weighted by Crippen LogP contribution is 2.30. The lowest BCUT2D eigenvalue weighted by atomic mass is 10.1. The molecule has 3 rings (SSSR count). The molecule has 5 heteroatoms. The number of carbonyl (C=O) groups is 2. The van der Waals surface area contributed by atoms with E-state index in [1.807, 2.05) is 47.4 Å². The minimum atomic E-state index is -0.159. The fourth-order valence-electron chi connectivity index (χ4n) is 3.20. The van der Waals surface area contributed by atoms with Gasteiger partial charge in [0.15, 0.2) is 0 Å². The van der Waals surface area contributed by atoms with E-state index >= 15 is 0 Å². The number of amides is 3. The first-order valence-corrected chi connectivity index (χ1v) is 9.55. The second-order valence-electron chi connectivity index (χ2n) is 7.33. The number of hydrogen-bond donors (Lipinski definition) is 2. The molecule has 2 aromatic rings. The number of nitrogens with one attached hydrogen (secondary N) is 2. The van der Waals surface area contributed by atoms with E-state index in [1.54, 1.807) is 0 Å². The lowest BCUT2D eigenvalue weighted by Crippen LogP contribution is -2.36. The fraction of sp³-hybridized carbons (Fsp3) is 0.364. The van der Waals surface area contributed by atoms with Crippen molar-refractivity contribution in [1.29, 1.82) is 0 Å². The van der Waals surface area contributed by atoms with Gasteiger partial charge in [-0.3, -0.25) is 4.79 Å². The molecule has 1 heterocycles. The Morgan fingerprint density at radius 1 is 1.07 bits per heavy atom. The van der Waals surface area contributed by atoms with Crippen LogP contribution in [0.25, 0.3) is 0 Å². The highest BCUT2D eigenvalue weighted by Gasteiger charge is 2.25. The molecule has 0 aromatic heterocycles. The molecule has 5 nitrogen and oxygen atoms in total. The predicted molar refractivity (Wildman–Crippen MR) is 108 cm³/mol. The van der Waals surface area contributed by atoms with Gasteiger partial charge >= 0.3 is 6.03 Å². The number of rotatable bonds is 6. The number of carbonyl (C=O) groups excluding carboxylic acids is 2. The van der Waals surface area contributed by atoms with Crippen LogP contribution in [0.15, 0.2) is 48.5 Å². The van der Waals surface area contributed by atoms with Crippen LogP contribution in [0.5, 0.6) is 0 Å². The maximum absolute atomic E-state index is 12.8. The topological polar surface area (TPSA) is 61.4 Å². The van der Waals surface area contributed by atoms with Gasteiger partial charge in [-0.05, 0) is 48.1 Å². The van der Waals surface area contributed by atoms with Crippen LogP contribution >= 0.6 is 0 Å². The molecule has 0 fully saturated rings. The Hall–Kier alpha value is -2.82. The van der Waals surface area contributed by atoms with Gasteiger partial charge in [-0.1, -0.05) is 44.2 Å². The molecule has 0 radical (unpaired) electrons. The summed E-state index contributed by atoms with van der Waals surface area (Å²) in [6.45, 7) is 6.07. The number of benzene rings is 2. The molecule has 0 atom stereocenters. The summed E-state index contributed by atoms with van der Waals surface area (Å²) in [7, 11) is 0. The molecule has 142 valence electrons. The number of hydrogen-bond acceptors (Lipinski definition) is 2. The lowest BCUT2D eigenvalue weighted by molar-refractivity contribution is 0.0989. The van der Waals surface area contributed by atoms with Gasteiger partial charge in [0.2, 0.25) is 0 Å². The molecule has 1 aliphatic rings. The van der Waals surface area contributed by atoms with E-state index in [4.69, 9.17) is 0 Å². The molecule has 0 unspecified atom stereocenters. The Morgan fingerprint density at radius 2 is 1.85 bits per heavy atom. The Labute approximate surface area is 160 Å². The van der Waals surface area contributed by atoms with Crippen LogP contribution in [-0.4, -0.2) is 25.0 Å². The molecule has 2 aromatic carbocycles. The minimum Gasteiger partial charge on any atom is -0.338 e. The van der Waals surface area contributed by atoms with Crippen molar-refractivity contribution in [3.8, 4) is 0 Å². The van der Waals surface area contributed by atoms with E-state index in [2.05, 4.69) is 30.5 Å². The largest absolute Gasteiger partial charge is 0.338 e. The van der Waals surface area contributed by atoms with Gasteiger partial charge in [-0.15, -0.1) is 0 Å². The first kappa shape index (κ1) is 19.0. The van der Waals surface area contributed by atoms with Crippen LogP contribution < -0.4 is 15.5 Å². The van der Waals surface area contributed by atoms with Gasteiger partial charge in [0.25, 0.3) is 5.91 Å². The summed E-state index contributed by atoms with van der Waals surface area (Å²) in [6.07, 6.45) is 1.82. The normalized spacial score (nSPS) is 12.8. The van der Waals surface area contributed by atoms with Crippen molar-refractivity contribution in [2.45, 2.75) is 33.2 Å². The Balaban J connectivity index is 1.62. The Bertz CT molecular complexity index is 802. The van der Waals surface area contributed by atoms with Gasteiger partial charge in [-0.2, -0.15) is 0 Å². The van der Waals surface area contributed by atoms with Gasteiger partial charge < -0.3 is 15.5 Å². The third-order valence-electron chi connectivity index (χ3n) is 4.77. The van der Waals surface area contributed by atoms with Crippen molar-refractivity contribution in [3.05, 3.63) is 65.2 Å². The Kier molecular flexibility index (Phi) is 6.12. The van der Waals surface area contributed by atoms with E-state index in [1.165, 1.54) is 5.56 Å². The van der Waals surface area contributed by atoms with Gasteiger partial charge in [0, 0.05) is 30.9 Å². The average molecular weight is 365 g/mol. The number of nitrogens with zero attached hydrogens (tertiary/aromatic N) is 1. The number of fused-ring (bicyclic) bond motifs is 1. The fourth-order valence-corrected chi connectivity index (χ4v) is 3.20. The zero-order chi connectivity index (χ0) is 19.2. The molecule has 1 aliphatic heterocycles. The third kappa shape index (κ3) is 4.88. The van der Waals surface area contributed by atoms with Crippen molar-refractivity contribution < 1.29 is 9.59 Å². The van der Waals surface area contributed by atoms with Gasteiger partial charge in [0.05, 0.1) is 0 Å². The predicted octanol–water partition coefficient (Wildman–Crippen LogP) is 3.73. The molecular formula is C22H27N3O2. The molecule has 27 heavy (non-hydrogen) atoms. The first-order chi connectivity index (χ1) is 13.0. The van der Waals surface area contributed by atoms with Crippen molar-refractivity contribution in [1.82, 2.24) is 10.6 Å². The third-order valence-corrected chi connectivity index (χ3v) is 4.77. The van der Waals surface area contributed by atoms with Crippen molar-refractivity contribution >= 4 is 17.6 Å². The highest BCUT2D eigenvalue weighted by molar-refractivity contribution is 6.07. The van der Waals surface area contributed by atoms with Crippen LogP contribution in [0.2, 0.25) is 0 Å². The average Bonchev–Trinajstić information content (AvgIpc) is 3.09. The second-order valence-corrected chi connectivity index (χ2v) is 7.33. The zero-order valence-electron chi connectivity index (χ0n) is 16.0. The maximum atomic E-state index is 12.8. The second kappa shape index (κ2) is 8.71. The molecule has 0 aliphatic carbocycles. The quantitative estimate of drug-likeness (QED) is 0.819. The number of urea groups is 1. The highest BCUT2D eigenvalue weighted by atomic mass is 16.2. The van der Waals surface area contributed by atoms with E-state index in [0.717, 1.165) is 24.1 Å². The molecule has 2 N–H and O–H groups in total. The summed E-state index contributed by atoms with van der Waals surface area (Å²) >= 11 is 0. The summed E-state index contributed by atoms with van der Waals surface area (Å²) in [5.41, 5.74) is 3.80. The summed E-state index contributed by atoms with van der Waals surface area (Å²) < 4.78 is 0. The van der Waals surface area contributed by atoms with E-state index in [0.29, 0.717) is 31.1 Å². The van der Waals surface area contributed by atoms with Crippen LogP contribution in [0.1, 0.15) is 41.8 Å². The molecular weight excluding hydrogens is 338 g/mol. The summed E-state index contributed by atoms with van der Waals surface area (Å²) in [5, 5.41) is 5.76. The van der Waals surface area contributed by atoms with E-state index < -0.39 is 0 Å².